The van der Waals surface area contributed by atoms with Crippen molar-refractivity contribution < 1.29 is 0 Å². The van der Waals surface area contributed by atoms with Crippen molar-refractivity contribution in [3.63, 3.8) is 0 Å². The zero-order valence-corrected chi connectivity index (χ0v) is 8.86. The maximum atomic E-state index is 8.94. The van der Waals surface area contributed by atoms with Crippen LogP contribution >= 0.6 is 11.6 Å². The summed E-state index contributed by atoms with van der Waals surface area (Å²) in [5.74, 6) is 0. The minimum absolute atomic E-state index is 0.558. The van der Waals surface area contributed by atoms with Gasteiger partial charge in [0.2, 0.25) is 0 Å². The molecule has 3 nitrogen and oxygen atoms in total. The first-order valence-electron chi connectivity index (χ1n) is 4.42. The molecule has 1 aromatic heterocycles. The smallest absolute Gasteiger partial charge is 0.101 e. The van der Waals surface area contributed by atoms with E-state index < -0.39 is 0 Å². The van der Waals surface area contributed by atoms with Crippen LogP contribution in [0.25, 0.3) is 5.69 Å². The lowest BCUT2D eigenvalue weighted by Gasteiger charge is -2.03. The SMILES string of the molecule is Cc1cnn(-c2cc(Cl)ccc2C#N)c1. The molecule has 0 N–H and O–H groups in total. The van der Waals surface area contributed by atoms with E-state index in [1.54, 1.807) is 29.1 Å². The Balaban J connectivity index is 2.61. The molecule has 0 aliphatic rings. The van der Waals surface area contributed by atoms with Gasteiger partial charge in [-0.05, 0) is 30.7 Å². The Morgan fingerprint density at radius 3 is 2.87 bits per heavy atom. The standard InChI is InChI=1S/C11H8ClN3/c1-8-6-14-15(7-8)11-4-10(12)3-2-9(11)5-13/h2-4,6-7H,1H3. The number of aromatic nitrogens is 2. The number of nitriles is 1. The number of nitrogens with zero attached hydrogens (tertiary/aromatic N) is 3. The van der Waals surface area contributed by atoms with Crippen LogP contribution in [0.15, 0.2) is 30.6 Å². The third-order valence-corrected chi connectivity index (χ3v) is 2.27. The fraction of sp³-hybridized carbons (Fsp3) is 0.0909. The number of aryl methyl sites for hydroxylation is 1. The zero-order valence-electron chi connectivity index (χ0n) is 8.11. The topological polar surface area (TPSA) is 41.6 Å². The van der Waals surface area contributed by atoms with Crippen LogP contribution < -0.4 is 0 Å². The zero-order chi connectivity index (χ0) is 10.8. The lowest BCUT2D eigenvalue weighted by atomic mass is 10.2. The van der Waals surface area contributed by atoms with Crippen LogP contribution in [-0.2, 0) is 0 Å². The van der Waals surface area contributed by atoms with E-state index in [-0.39, 0.29) is 0 Å². The van der Waals surface area contributed by atoms with Crippen molar-refractivity contribution in [2.45, 2.75) is 6.92 Å². The van der Waals surface area contributed by atoms with Gasteiger partial charge in [-0.2, -0.15) is 10.4 Å². The first kappa shape index (κ1) is 9.75. The average Bonchev–Trinajstić information content (AvgIpc) is 2.65. The molecule has 2 aromatic rings. The molecule has 0 aliphatic heterocycles. The predicted molar refractivity (Wildman–Crippen MR) is 58.0 cm³/mol. The molecule has 4 heteroatoms. The summed E-state index contributed by atoms with van der Waals surface area (Å²) in [5.41, 5.74) is 2.31. The van der Waals surface area contributed by atoms with Crippen LogP contribution in [0.5, 0.6) is 0 Å². The van der Waals surface area contributed by atoms with Crippen LogP contribution in [0.1, 0.15) is 11.1 Å². The van der Waals surface area contributed by atoms with E-state index in [1.807, 2.05) is 13.1 Å². The second-order valence-corrected chi connectivity index (χ2v) is 3.67. The molecule has 74 valence electrons. The third kappa shape index (κ3) is 1.85. The summed E-state index contributed by atoms with van der Waals surface area (Å²) in [7, 11) is 0. The largest absolute Gasteiger partial charge is 0.239 e. The van der Waals surface area contributed by atoms with Crippen LogP contribution in [0.2, 0.25) is 5.02 Å². The van der Waals surface area contributed by atoms with Crippen LogP contribution in [-0.4, -0.2) is 9.78 Å². The fourth-order valence-electron chi connectivity index (χ4n) is 1.33. The van der Waals surface area contributed by atoms with Crippen molar-refractivity contribution in [1.29, 1.82) is 5.26 Å². The lowest BCUT2D eigenvalue weighted by Crippen LogP contribution is -1.97. The molecule has 0 saturated carbocycles. The summed E-state index contributed by atoms with van der Waals surface area (Å²) in [6.45, 7) is 1.94. The summed E-state index contributed by atoms with van der Waals surface area (Å²) in [6.07, 6.45) is 3.59. The van der Waals surface area contributed by atoms with Gasteiger partial charge in [0, 0.05) is 11.2 Å². The first-order chi connectivity index (χ1) is 7.20. The summed E-state index contributed by atoms with van der Waals surface area (Å²) in [4.78, 5) is 0. The number of halogens is 1. The van der Waals surface area contributed by atoms with Gasteiger partial charge in [0.15, 0.2) is 0 Å². The number of rotatable bonds is 1. The monoisotopic (exact) mass is 217 g/mol. The summed E-state index contributed by atoms with van der Waals surface area (Å²) >= 11 is 5.88. The van der Waals surface area contributed by atoms with E-state index in [2.05, 4.69) is 11.2 Å². The molecule has 0 saturated heterocycles. The third-order valence-electron chi connectivity index (χ3n) is 2.04. The van der Waals surface area contributed by atoms with Gasteiger partial charge in [-0.3, -0.25) is 0 Å². The Morgan fingerprint density at radius 1 is 1.47 bits per heavy atom. The van der Waals surface area contributed by atoms with Gasteiger partial charge in [-0.1, -0.05) is 11.6 Å². The van der Waals surface area contributed by atoms with Gasteiger partial charge in [0.25, 0.3) is 0 Å². The highest BCUT2D eigenvalue weighted by atomic mass is 35.5. The summed E-state index contributed by atoms with van der Waals surface area (Å²) in [5, 5.41) is 13.7. The second-order valence-electron chi connectivity index (χ2n) is 3.24. The minimum Gasteiger partial charge on any atom is -0.239 e. The molecule has 0 amide bonds. The van der Waals surface area contributed by atoms with Gasteiger partial charge >= 0.3 is 0 Å². The molecule has 0 atom stereocenters. The molecule has 0 radical (unpaired) electrons. The van der Waals surface area contributed by atoms with E-state index in [0.29, 0.717) is 16.3 Å². The number of benzene rings is 1. The van der Waals surface area contributed by atoms with Crippen LogP contribution in [0.3, 0.4) is 0 Å². The lowest BCUT2D eigenvalue weighted by molar-refractivity contribution is 0.877. The minimum atomic E-state index is 0.558. The molecule has 0 fully saturated rings. The Kier molecular flexibility index (Phi) is 2.44. The Morgan fingerprint density at radius 2 is 2.27 bits per heavy atom. The van der Waals surface area contributed by atoms with Gasteiger partial charge in [0.05, 0.1) is 17.4 Å². The molecule has 0 unspecified atom stereocenters. The van der Waals surface area contributed by atoms with Crippen molar-refractivity contribution in [1.82, 2.24) is 9.78 Å². The van der Waals surface area contributed by atoms with Crippen LogP contribution in [0, 0.1) is 18.3 Å². The molecule has 0 bridgehead atoms. The van der Waals surface area contributed by atoms with Gasteiger partial charge in [0.1, 0.15) is 6.07 Å². The van der Waals surface area contributed by atoms with Gasteiger partial charge < -0.3 is 0 Å². The molecular weight excluding hydrogens is 210 g/mol. The molecule has 15 heavy (non-hydrogen) atoms. The van der Waals surface area contributed by atoms with Gasteiger partial charge in [-0.25, -0.2) is 4.68 Å². The Labute approximate surface area is 92.5 Å². The molecule has 1 heterocycles. The van der Waals surface area contributed by atoms with Crippen LogP contribution in [0.4, 0.5) is 0 Å². The van der Waals surface area contributed by atoms with Gasteiger partial charge in [-0.15, -0.1) is 0 Å². The highest BCUT2D eigenvalue weighted by Crippen LogP contribution is 2.19. The molecule has 1 aromatic carbocycles. The average molecular weight is 218 g/mol. The van der Waals surface area contributed by atoms with Crippen molar-refractivity contribution in [2.24, 2.45) is 0 Å². The summed E-state index contributed by atoms with van der Waals surface area (Å²) < 4.78 is 1.65. The molecule has 0 spiro atoms. The maximum Gasteiger partial charge on any atom is 0.101 e. The van der Waals surface area contributed by atoms with E-state index in [9.17, 15) is 0 Å². The fourth-order valence-corrected chi connectivity index (χ4v) is 1.50. The van der Waals surface area contributed by atoms with Crippen molar-refractivity contribution >= 4 is 11.6 Å². The van der Waals surface area contributed by atoms with E-state index in [4.69, 9.17) is 16.9 Å². The Hall–Kier alpha value is -1.79. The molecule has 0 aliphatic carbocycles. The Bertz CT molecular complexity index is 537. The normalized spacial score (nSPS) is 9.93. The molecular formula is C11H8ClN3. The first-order valence-corrected chi connectivity index (χ1v) is 4.80. The highest BCUT2D eigenvalue weighted by molar-refractivity contribution is 6.30. The number of hydrogen-bond donors (Lipinski definition) is 0. The predicted octanol–water partition coefficient (Wildman–Crippen LogP) is 2.71. The van der Waals surface area contributed by atoms with E-state index in [1.165, 1.54) is 0 Å². The highest BCUT2D eigenvalue weighted by Gasteiger charge is 2.05. The summed E-state index contributed by atoms with van der Waals surface area (Å²) in [6, 6.07) is 7.22. The van der Waals surface area contributed by atoms with Crippen molar-refractivity contribution in [2.75, 3.05) is 0 Å². The molecule has 2 rings (SSSR count). The van der Waals surface area contributed by atoms with Crippen molar-refractivity contribution in [3.8, 4) is 11.8 Å². The second kappa shape index (κ2) is 3.76. The van der Waals surface area contributed by atoms with E-state index >= 15 is 0 Å². The quantitative estimate of drug-likeness (QED) is 0.737. The van der Waals surface area contributed by atoms with Crippen molar-refractivity contribution in [3.05, 3.63) is 46.7 Å². The number of hydrogen-bond acceptors (Lipinski definition) is 2. The maximum absolute atomic E-state index is 8.94. The van der Waals surface area contributed by atoms with E-state index in [0.717, 1.165) is 5.56 Å².